The predicted molar refractivity (Wildman–Crippen MR) is 149 cm³/mol. The summed E-state index contributed by atoms with van der Waals surface area (Å²) in [5.74, 6) is 0.0961. The zero-order valence-electron chi connectivity index (χ0n) is 21.1. The number of aryl methyl sites for hydroxylation is 2. The zero-order chi connectivity index (χ0) is 24.9. The Hall–Kier alpha value is -3.06. The first kappa shape index (κ1) is 24.6. The Morgan fingerprint density at radius 3 is 2.36 bits per heavy atom. The van der Waals surface area contributed by atoms with Crippen molar-refractivity contribution in [2.75, 3.05) is 44.3 Å². The minimum Gasteiger partial charge on any atom is -0.379 e. The highest BCUT2D eigenvalue weighted by Crippen LogP contribution is 2.33. The molecule has 1 fully saturated rings. The lowest BCUT2D eigenvalue weighted by molar-refractivity contribution is -0.118. The van der Waals surface area contributed by atoms with E-state index in [4.69, 9.17) is 9.72 Å². The fourth-order valence-electron chi connectivity index (χ4n) is 4.68. The third-order valence-corrected chi connectivity index (χ3v) is 8.05. The standard InChI is InChI=1S/C30H33N3O2S/c1-22-9-10-23(2)29-28(22)31-30(36-29)33(16-6-15-32-17-19-35-20-18-32)27(34)21-24-11-13-26(14-12-24)25-7-4-3-5-8-25/h3-5,7-14H,6,15-21H2,1-2H3. The molecule has 1 aromatic heterocycles. The number of fused-ring (bicyclic) bond motifs is 1. The maximum Gasteiger partial charge on any atom is 0.233 e. The molecule has 186 valence electrons. The summed E-state index contributed by atoms with van der Waals surface area (Å²) in [5.41, 5.74) is 6.72. The van der Waals surface area contributed by atoms with Gasteiger partial charge in [-0.25, -0.2) is 4.98 Å². The van der Waals surface area contributed by atoms with Crippen LogP contribution in [-0.4, -0.2) is 55.2 Å². The van der Waals surface area contributed by atoms with Crippen molar-refractivity contribution in [2.45, 2.75) is 26.7 Å². The van der Waals surface area contributed by atoms with E-state index < -0.39 is 0 Å². The van der Waals surface area contributed by atoms with Gasteiger partial charge in [0.1, 0.15) is 0 Å². The summed E-state index contributed by atoms with van der Waals surface area (Å²) < 4.78 is 6.65. The first-order chi connectivity index (χ1) is 17.6. The maximum absolute atomic E-state index is 13.7. The predicted octanol–water partition coefficient (Wildman–Crippen LogP) is 5.88. The SMILES string of the molecule is Cc1ccc(C)c2sc(N(CCCN3CCOCC3)C(=O)Cc3ccc(-c4ccccc4)cc3)nc12. The van der Waals surface area contributed by atoms with Gasteiger partial charge in [-0.2, -0.15) is 0 Å². The molecule has 3 aromatic carbocycles. The van der Waals surface area contributed by atoms with Crippen LogP contribution >= 0.6 is 11.3 Å². The molecular weight excluding hydrogens is 466 g/mol. The Morgan fingerprint density at radius 1 is 0.944 bits per heavy atom. The molecule has 0 N–H and O–H groups in total. The smallest absolute Gasteiger partial charge is 0.233 e. The molecule has 4 aromatic rings. The Morgan fingerprint density at radius 2 is 1.64 bits per heavy atom. The summed E-state index contributed by atoms with van der Waals surface area (Å²) in [5, 5.41) is 0.801. The van der Waals surface area contributed by atoms with Crippen molar-refractivity contribution in [2.24, 2.45) is 0 Å². The van der Waals surface area contributed by atoms with Crippen LogP contribution in [0.2, 0.25) is 0 Å². The highest BCUT2D eigenvalue weighted by molar-refractivity contribution is 7.22. The third kappa shape index (κ3) is 5.67. The van der Waals surface area contributed by atoms with Crippen molar-refractivity contribution < 1.29 is 9.53 Å². The number of carbonyl (C=O) groups excluding carboxylic acids is 1. The van der Waals surface area contributed by atoms with E-state index in [9.17, 15) is 4.79 Å². The van der Waals surface area contributed by atoms with Crippen molar-refractivity contribution in [3.63, 3.8) is 0 Å². The number of hydrogen-bond donors (Lipinski definition) is 0. The Kier molecular flexibility index (Phi) is 7.75. The van der Waals surface area contributed by atoms with E-state index in [0.717, 1.165) is 66.6 Å². The average Bonchev–Trinajstić information content (AvgIpc) is 3.37. The molecule has 0 unspecified atom stereocenters. The number of benzene rings is 3. The van der Waals surface area contributed by atoms with Gasteiger partial charge in [0.25, 0.3) is 0 Å². The summed E-state index contributed by atoms with van der Waals surface area (Å²) >= 11 is 1.63. The second-order valence-corrected chi connectivity index (χ2v) is 10.4. The quantitative estimate of drug-likeness (QED) is 0.304. The topological polar surface area (TPSA) is 45.7 Å². The molecule has 5 nitrogen and oxygen atoms in total. The van der Waals surface area contributed by atoms with E-state index in [0.29, 0.717) is 13.0 Å². The van der Waals surface area contributed by atoms with Gasteiger partial charge >= 0.3 is 0 Å². The summed E-state index contributed by atoms with van der Waals surface area (Å²) in [6, 6.07) is 22.9. The number of nitrogens with zero attached hydrogens (tertiary/aromatic N) is 3. The highest BCUT2D eigenvalue weighted by Gasteiger charge is 2.22. The lowest BCUT2D eigenvalue weighted by atomic mass is 10.0. The summed E-state index contributed by atoms with van der Waals surface area (Å²) in [6.45, 7) is 9.32. The second-order valence-electron chi connectivity index (χ2n) is 9.47. The number of carbonyl (C=O) groups is 1. The molecule has 0 saturated carbocycles. The number of morpholine rings is 1. The van der Waals surface area contributed by atoms with Gasteiger partial charge in [-0.1, -0.05) is 78.1 Å². The molecule has 5 rings (SSSR count). The van der Waals surface area contributed by atoms with Crippen LogP contribution in [0.25, 0.3) is 21.3 Å². The maximum atomic E-state index is 13.7. The molecule has 1 aliphatic rings. The Balaban J connectivity index is 1.35. The van der Waals surface area contributed by atoms with Crippen LogP contribution < -0.4 is 4.90 Å². The van der Waals surface area contributed by atoms with Crippen LogP contribution in [0.3, 0.4) is 0 Å². The molecule has 1 amide bonds. The van der Waals surface area contributed by atoms with Crippen LogP contribution in [0.1, 0.15) is 23.1 Å². The molecule has 0 bridgehead atoms. The van der Waals surface area contributed by atoms with Crippen LogP contribution in [0, 0.1) is 13.8 Å². The van der Waals surface area contributed by atoms with Gasteiger partial charge in [-0.05, 0) is 48.1 Å². The van der Waals surface area contributed by atoms with Gasteiger partial charge in [0.15, 0.2) is 5.13 Å². The van der Waals surface area contributed by atoms with E-state index in [1.807, 2.05) is 23.1 Å². The summed E-state index contributed by atoms with van der Waals surface area (Å²) in [7, 11) is 0. The largest absolute Gasteiger partial charge is 0.379 e. The average molecular weight is 500 g/mol. The van der Waals surface area contributed by atoms with Gasteiger partial charge in [0.2, 0.25) is 5.91 Å². The monoisotopic (exact) mass is 499 g/mol. The van der Waals surface area contributed by atoms with Gasteiger partial charge in [-0.15, -0.1) is 0 Å². The van der Waals surface area contributed by atoms with Crippen molar-refractivity contribution in [3.05, 3.63) is 83.4 Å². The summed E-state index contributed by atoms with van der Waals surface area (Å²) in [6.07, 6.45) is 1.27. The summed E-state index contributed by atoms with van der Waals surface area (Å²) in [4.78, 5) is 22.9. The molecule has 0 atom stereocenters. The van der Waals surface area contributed by atoms with E-state index in [-0.39, 0.29) is 5.91 Å². The number of aromatic nitrogens is 1. The zero-order valence-corrected chi connectivity index (χ0v) is 21.9. The van der Waals surface area contributed by atoms with Crippen molar-refractivity contribution in [1.82, 2.24) is 9.88 Å². The lowest BCUT2D eigenvalue weighted by Crippen LogP contribution is -2.39. The third-order valence-electron chi connectivity index (χ3n) is 6.84. The van der Waals surface area contributed by atoms with Crippen molar-refractivity contribution in [3.8, 4) is 11.1 Å². The fourth-order valence-corrected chi connectivity index (χ4v) is 5.84. The van der Waals surface area contributed by atoms with Gasteiger partial charge in [0, 0.05) is 26.2 Å². The molecule has 1 saturated heterocycles. The molecule has 0 aliphatic carbocycles. The van der Waals surface area contributed by atoms with Crippen LogP contribution in [0.15, 0.2) is 66.7 Å². The molecule has 36 heavy (non-hydrogen) atoms. The molecule has 6 heteroatoms. The number of anilines is 1. The van der Waals surface area contributed by atoms with Crippen LogP contribution in [-0.2, 0) is 16.0 Å². The lowest BCUT2D eigenvalue weighted by Gasteiger charge is -2.27. The number of amides is 1. The number of rotatable bonds is 8. The van der Waals surface area contributed by atoms with Crippen molar-refractivity contribution in [1.29, 1.82) is 0 Å². The van der Waals surface area contributed by atoms with Gasteiger partial charge in [-0.3, -0.25) is 14.6 Å². The minimum absolute atomic E-state index is 0.0961. The number of thiazole rings is 1. The minimum atomic E-state index is 0.0961. The van der Waals surface area contributed by atoms with Crippen LogP contribution in [0.5, 0.6) is 0 Å². The van der Waals surface area contributed by atoms with Gasteiger partial charge < -0.3 is 4.74 Å². The molecule has 0 radical (unpaired) electrons. The Bertz CT molecular complexity index is 1270. The van der Waals surface area contributed by atoms with Gasteiger partial charge in [0.05, 0.1) is 29.9 Å². The highest BCUT2D eigenvalue weighted by atomic mass is 32.1. The first-order valence-electron chi connectivity index (χ1n) is 12.7. The second kappa shape index (κ2) is 11.3. The van der Waals surface area contributed by atoms with E-state index in [2.05, 4.69) is 67.3 Å². The van der Waals surface area contributed by atoms with E-state index in [1.165, 1.54) is 15.8 Å². The fraction of sp³-hybridized carbons (Fsp3) is 0.333. The molecule has 2 heterocycles. The van der Waals surface area contributed by atoms with Crippen molar-refractivity contribution >= 4 is 32.6 Å². The number of ether oxygens (including phenoxy) is 1. The Labute approximate surface area is 217 Å². The molecule has 0 spiro atoms. The molecule has 1 aliphatic heterocycles. The number of hydrogen-bond acceptors (Lipinski definition) is 5. The normalized spacial score (nSPS) is 14.3. The molecular formula is C30H33N3O2S. The van der Waals surface area contributed by atoms with Crippen LogP contribution in [0.4, 0.5) is 5.13 Å². The van der Waals surface area contributed by atoms with E-state index >= 15 is 0 Å². The van der Waals surface area contributed by atoms with E-state index in [1.54, 1.807) is 11.3 Å². The first-order valence-corrected chi connectivity index (χ1v) is 13.5.